The highest BCUT2D eigenvalue weighted by Gasteiger charge is 2.52. The van der Waals surface area contributed by atoms with Gasteiger partial charge in [0.05, 0.1) is 11.4 Å². The third-order valence-corrected chi connectivity index (χ3v) is 6.72. The molecule has 6 nitrogen and oxygen atoms in total. The van der Waals surface area contributed by atoms with Gasteiger partial charge < -0.3 is 10.2 Å². The number of nitrogens with zero attached hydrogens (tertiary/aromatic N) is 3. The van der Waals surface area contributed by atoms with Gasteiger partial charge in [0.2, 0.25) is 11.8 Å². The number of carbonyl (C=O) groups excluding carboxylic acids is 2. The lowest BCUT2D eigenvalue weighted by Gasteiger charge is -2.29. The van der Waals surface area contributed by atoms with E-state index >= 15 is 0 Å². The van der Waals surface area contributed by atoms with Crippen molar-refractivity contribution >= 4 is 23.6 Å². The number of nitrogens with one attached hydrogen (secondary N) is 1. The van der Waals surface area contributed by atoms with E-state index in [4.69, 9.17) is 0 Å². The molecule has 2 unspecified atom stereocenters. The van der Waals surface area contributed by atoms with E-state index in [1.807, 2.05) is 35.1 Å². The van der Waals surface area contributed by atoms with E-state index in [1.54, 1.807) is 22.9 Å². The lowest BCUT2D eigenvalue weighted by Crippen LogP contribution is -2.49. The second-order valence-electron chi connectivity index (χ2n) is 6.96. The third-order valence-electron chi connectivity index (χ3n) is 5.21. The van der Waals surface area contributed by atoms with Crippen LogP contribution in [0.2, 0.25) is 0 Å². The fourth-order valence-corrected chi connectivity index (χ4v) is 5.20. The minimum atomic E-state index is -0.363. The molecule has 2 aliphatic rings. The van der Waals surface area contributed by atoms with Crippen LogP contribution < -0.4 is 5.32 Å². The SMILES string of the molecule is CC12CCC(=O)N1C(C(=O)NCc1ccccc1Cn1cccn1)CS2. The molecule has 0 aliphatic carbocycles. The topological polar surface area (TPSA) is 67.2 Å². The molecule has 1 N–H and O–H groups in total. The molecule has 1 aromatic heterocycles. The summed E-state index contributed by atoms with van der Waals surface area (Å²) in [5.41, 5.74) is 2.19. The molecule has 2 fully saturated rings. The van der Waals surface area contributed by atoms with Crippen LogP contribution in [0.5, 0.6) is 0 Å². The Labute approximate surface area is 156 Å². The first-order chi connectivity index (χ1) is 12.6. The number of amides is 2. The number of hydrogen-bond acceptors (Lipinski definition) is 4. The van der Waals surface area contributed by atoms with Crippen LogP contribution in [0.4, 0.5) is 0 Å². The number of fused-ring (bicyclic) bond motifs is 1. The van der Waals surface area contributed by atoms with Gasteiger partial charge in [-0.3, -0.25) is 14.3 Å². The molecule has 0 spiro atoms. The summed E-state index contributed by atoms with van der Waals surface area (Å²) in [6.45, 7) is 3.19. The van der Waals surface area contributed by atoms with Crippen molar-refractivity contribution in [3.05, 3.63) is 53.9 Å². The number of hydrogen-bond donors (Lipinski definition) is 1. The normalized spacial score (nSPS) is 24.7. The van der Waals surface area contributed by atoms with Crippen LogP contribution in [0.15, 0.2) is 42.7 Å². The molecule has 26 heavy (non-hydrogen) atoms. The predicted octanol–water partition coefficient (Wildman–Crippen LogP) is 2.00. The quantitative estimate of drug-likeness (QED) is 0.874. The van der Waals surface area contributed by atoms with Crippen LogP contribution in [0.3, 0.4) is 0 Å². The highest BCUT2D eigenvalue weighted by Crippen LogP contribution is 2.47. The number of thioether (sulfide) groups is 1. The molecule has 0 radical (unpaired) electrons. The van der Waals surface area contributed by atoms with Gasteiger partial charge in [0.25, 0.3) is 0 Å². The van der Waals surface area contributed by atoms with E-state index in [0.717, 1.165) is 17.5 Å². The summed E-state index contributed by atoms with van der Waals surface area (Å²) in [5, 5.41) is 7.28. The molecule has 1 aromatic carbocycles. The van der Waals surface area contributed by atoms with Crippen LogP contribution in [-0.2, 0) is 22.7 Å². The van der Waals surface area contributed by atoms with E-state index in [1.165, 1.54) is 0 Å². The average Bonchev–Trinajstić information content (AvgIpc) is 3.32. The first kappa shape index (κ1) is 17.1. The lowest BCUT2D eigenvalue weighted by molar-refractivity contribution is -0.138. The maximum atomic E-state index is 12.7. The second-order valence-corrected chi connectivity index (χ2v) is 8.46. The van der Waals surface area contributed by atoms with E-state index < -0.39 is 0 Å². The van der Waals surface area contributed by atoms with Gasteiger partial charge in [0.1, 0.15) is 6.04 Å². The summed E-state index contributed by atoms with van der Waals surface area (Å²) < 4.78 is 1.86. The van der Waals surface area contributed by atoms with E-state index in [2.05, 4.69) is 23.4 Å². The standard InChI is InChI=1S/C19H22N4O2S/c1-19-8-7-17(24)23(19)16(13-26-19)18(25)20-11-14-5-2-3-6-15(14)12-22-10-4-9-21-22/h2-6,9-10,16H,7-8,11-13H2,1H3,(H,20,25). The number of rotatable bonds is 5. The molecule has 7 heteroatoms. The molecule has 2 aromatic rings. The van der Waals surface area contributed by atoms with Crippen molar-refractivity contribution in [3.8, 4) is 0 Å². The molecule has 2 atom stereocenters. The van der Waals surface area contributed by atoms with E-state index in [-0.39, 0.29) is 22.7 Å². The highest BCUT2D eigenvalue weighted by atomic mass is 32.2. The zero-order valence-corrected chi connectivity index (χ0v) is 15.5. The zero-order valence-electron chi connectivity index (χ0n) is 14.7. The van der Waals surface area contributed by atoms with E-state index in [0.29, 0.717) is 25.3 Å². The van der Waals surface area contributed by atoms with Gasteiger partial charge in [-0.2, -0.15) is 5.10 Å². The van der Waals surface area contributed by atoms with Crippen molar-refractivity contribution in [1.29, 1.82) is 0 Å². The molecule has 2 amide bonds. The molecule has 0 bridgehead atoms. The van der Waals surface area contributed by atoms with Crippen LogP contribution in [0.1, 0.15) is 30.9 Å². The smallest absolute Gasteiger partial charge is 0.243 e. The molecule has 136 valence electrons. The number of benzene rings is 1. The third kappa shape index (κ3) is 3.11. The maximum Gasteiger partial charge on any atom is 0.243 e. The van der Waals surface area contributed by atoms with Crippen LogP contribution >= 0.6 is 11.8 Å². The molecule has 4 rings (SSSR count). The molecule has 2 aliphatic heterocycles. The Morgan fingerprint density at radius 3 is 2.92 bits per heavy atom. The van der Waals surface area contributed by atoms with E-state index in [9.17, 15) is 9.59 Å². The largest absolute Gasteiger partial charge is 0.350 e. The average molecular weight is 370 g/mol. The van der Waals surface area contributed by atoms with Gasteiger partial charge in [0, 0.05) is 31.1 Å². The van der Waals surface area contributed by atoms with Crippen molar-refractivity contribution in [2.24, 2.45) is 0 Å². The van der Waals surface area contributed by atoms with Crippen LogP contribution in [-0.4, -0.2) is 43.2 Å². The predicted molar refractivity (Wildman–Crippen MR) is 100 cm³/mol. The van der Waals surface area contributed by atoms with Gasteiger partial charge >= 0.3 is 0 Å². The Kier molecular flexibility index (Phi) is 4.48. The Bertz CT molecular complexity index is 823. The van der Waals surface area contributed by atoms with Crippen LogP contribution in [0.25, 0.3) is 0 Å². The van der Waals surface area contributed by atoms with Crippen molar-refractivity contribution < 1.29 is 9.59 Å². The molecular formula is C19H22N4O2S. The first-order valence-corrected chi connectivity index (χ1v) is 9.83. The molecular weight excluding hydrogens is 348 g/mol. The lowest BCUT2D eigenvalue weighted by atomic mass is 10.1. The van der Waals surface area contributed by atoms with Gasteiger partial charge in [-0.25, -0.2) is 0 Å². The summed E-state index contributed by atoms with van der Waals surface area (Å²) in [6, 6.07) is 9.57. The maximum absolute atomic E-state index is 12.7. The Balaban J connectivity index is 1.43. The molecule has 2 saturated heterocycles. The molecule has 0 saturated carbocycles. The number of carbonyl (C=O) groups is 2. The summed E-state index contributed by atoms with van der Waals surface area (Å²) in [4.78, 5) is 26.5. The summed E-state index contributed by atoms with van der Waals surface area (Å²) in [6.07, 6.45) is 5.05. The van der Waals surface area contributed by atoms with Crippen molar-refractivity contribution in [2.75, 3.05) is 5.75 Å². The summed E-state index contributed by atoms with van der Waals surface area (Å²) in [5.74, 6) is 0.699. The fourth-order valence-electron chi connectivity index (χ4n) is 3.77. The van der Waals surface area contributed by atoms with Crippen molar-refractivity contribution in [1.82, 2.24) is 20.0 Å². The van der Waals surface area contributed by atoms with Gasteiger partial charge in [-0.15, -0.1) is 11.8 Å². The van der Waals surface area contributed by atoms with Crippen molar-refractivity contribution in [2.45, 2.75) is 43.8 Å². The highest BCUT2D eigenvalue weighted by molar-refractivity contribution is 8.01. The Morgan fingerprint density at radius 1 is 1.35 bits per heavy atom. The minimum absolute atomic E-state index is 0.0645. The zero-order chi connectivity index (χ0) is 18.1. The Morgan fingerprint density at radius 2 is 2.15 bits per heavy atom. The Hall–Kier alpha value is -2.28. The van der Waals surface area contributed by atoms with Gasteiger partial charge in [-0.1, -0.05) is 24.3 Å². The fraction of sp³-hybridized carbons (Fsp3) is 0.421. The first-order valence-electron chi connectivity index (χ1n) is 8.85. The monoisotopic (exact) mass is 370 g/mol. The van der Waals surface area contributed by atoms with Crippen molar-refractivity contribution in [3.63, 3.8) is 0 Å². The molecule has 3 heterocycles. The summed E-state index contributed by atoms with van der Waals surface area (Å²) in [7, 11) is 0. The van der Waals surface area contributed by atoms with Crippen LogP contribution in [0, 0.1) is 0 Å². The van der Waals surface area contributed by atoms with Gasteiger partial charge in [0.15, 0.2) is 0 Å². The minimum Gasteiger partial charge on any atom is -0.350 e. The second kappa shape index (κ2) is 6.79. The number of aromatic nitrogens is 2. The van der Waals surface area contributed by atoms with Gasteiger partial charge in [-0.05, 0) is 30.5 Å². The summed E-state index contributed by atoms with van der Waals surface area (Å²) >= 11 is 1.72.